The van der Waals surface area contributed by atoms with Crippen LogP contribution < -0.4 is 21.1 Å². The molecule has 0 spiro atoms. The highest BCUT2D eigenvalue weighted by atomic mass is 35.5. The number of rotatable bonds is 3. The fourth-order valence-corrected chi connectivity index (χ4v) is 2.58. The Labute approximate surface area is 139 Å². The summed E-state index contributed by atoms with van der Waals surface area (Å²) < 4.78 is 5.34. The number of carbonyl (C=O) groups excluding carboxylic acids is 2. The summed E-state index contributed by atoms with van der Waals surface area (Å²) in [6, 6.07) is 4.83. The summed E-state index contributed by atoms with van der Waals surface area (Å²) >= 11 is 6.03. The van der Waals surface area contributed by atoms with Gasteiger partial charge in [-0.3, -0.25) is 10.2 Å². The monoisotopic (exact) mass is 338 g/mol. The van der Waals surface area contributed by atoms with E-state index >= 15 is 0 Å². The minimum absolute atomic E-state index is 0.0328. The molecule has 0 aromatic heterocycles. The Morgan fingerprint density at radius 1 is 1.17 bits per heavy atom. The third-order valence-electron chi connectivity index (χ3n) is 3.81. The van der Waals surface area contributed by atoms with Crippen molar-refractivity contribution in [3.05, 3.63) is 23.2 Å². The predicted molar refractivity (Wildman–Crippen MR) is 87.5 cm³/mol. The fraction of sp³-hybridized carbons (Fsp3) is 0.467. The molecule has 1 saturated heterocycles. The van der Waals surface area contributed by atoms with Gasteiger partial charge < -0.3 is 15.0 Å². The number of nitrogens with zero attached hydrogens (tertiary/aromatic N) is 1. The average Bonchev–Trinajstić information content (AvgIpc) is 3.38. The van der Waals surface area contributed by atoms with E-state index in [0.29, 0.717) is 23.9 Å². The van der Waals surface area contributed by atoms with E-state index in [-0.39, 0.29) is 11.8 Å². The van der Waals surface area contributed by atoms with Gasteiger partial charge in [0.15, 0.2) is 0 Å². The molecule has 1 aliphatic carbocycles. The van der Waals surface area contributed by atoms with Crippen molar-refractivity contribution in [3.8, 4) is 0 Å². The Hall–Kier alpha value is -1.99. The number of amides is 3. The number of morpholine rings is 1. The Morgan fingerprint density at radius 3 is 2.61 bits per heavy atom. The van der Waals surface area contributed by atoms with E-state index in [1.807, 2.05) is 6.07 Å². The first-order valence-electron chi connectivity index (χ1n) is 7.62. The van der Waals surface area contributed by atoms with Gasteiger partial charge in [-0.15, -0.1) is 0 Å². The minimum atomic E-state index is -0.504. The van der Waals surface area contributed by atoms with Crippen molar-refractivity contribution in [2.75, 3.05) is 36.5 Å². The highest BCUT2D eigenvalue weighted by molar-refractivity contribution is 6.31. The third kappa shape index (κ3) is 4.27. The van der Waals surface area contributed by atoms with Crippen LogP contribution in [0.25, 0.3) is 0 Å². The van der Waals surface area contributed by atoms with E-state index in [4.69, 9.17) is 16.3 Å². The van der Waals surface area contributed by atoms with Gasteiger partial charge in [-0.25, -0.2) is 10.2 Å². The van der Waals surface area contributed by atoms with Crippen LogP contribution in [0, 0.1) is 5.92 Å². The van der Waals surface area contributed by atoms with Crippen LogP contribution >= 0.6 is 11.6 Å². The van der Waals surface area contributed by atoms with Crippen LogP contribution in [0.1, 0.15) is 12.8 Å². The molecule has 1 aromatic carbocycles. The number of ether oxygens (including phenoxy) is 1. The Balaban J connectivity index is 1.64. The number of hydrogen-bond donors (Lipinski definition) is 3. The van der Waals surface area contributed by atoms with Gasteiger partial charge in [0, 0.05) is 24.0 Å². The van der Waals surface area contributed by atoms with Crippen LogP contribution in [0.5, 0.6) is 0 Å². The average molecular weight is 339 g/mol. The second-order valence-corrected chi connectivity index (χ2v) is 6.04. The molecule has 3 amide bonds. The largest absolute Gasteiger partial charge is 0.378 e. The summed E-state index contributed by atoms with van der Waals surface area (Å²) in [5, 5.41) is 3.26. The first kappa shape index (κ1) is 15.9. The quantitative estimate of drug-likeness (QED) is 0.733. The summed E-state index contributed by atoms with van der Waals surface area (Å²) in [7, 11) is 0. The van der Waals surface area contributed by atoms with Gasteiger partial charge in [-0.1, -0.05) is 11.6 Å². The van der Waals surface area contributed by atoms with E-state index in [0.717, 1.165) is 31.6 Å². The van der Waals surface area contributed by atoms with E-state index in [1.165, 1.54) is 0 Å². The first-order valence-corrected chi connectivity index (χ1v) is 8.00. The molecular weight excluding hydrogens is 320 g/mol. The molecule has 3 rings (SSSR count). The molecular formula is C15H19ClN4O3. The molecule has 1 heterocycles. The lowest BCUT2D eigenvalue weighted by Crippen LogP contribution is -2.45. The van der Waals surface area contributed by atoms with Gasteiger partial charge in [0.1, 0.15) is 0 Å². The Morgan fingerprint density at radius 2 is 1.91 bits per heavy atom. The van der Waals surface area contributed by atoms with Gasteiger partial charge in [0.2, 0.25) is 5.91 Å². The highest BCUT2D eigenvalue weighted by Crippen LogP contribution is 2.30. The zero-order valence-electron chi connectivity index (χ0n) is 12.6. The number of nitrogens with one attached hydrogen (secondary N) is 3. The molecule has 1 aromatic rings. The molecule has 0 atom stereocenters. The summed E-state index contributed by atoms with van der Waals surface area (Å²) in [6.07, 6.45) is 1.76. The highest BCUT2D eigenvalue weighted by Gasteiger charge is 2.29. The summed E-state index contributed by atoms with van der Waals surface area (Å²) in [4.78, 5) is 25.6. The number of hydrazine groups is 1. The standard InChI is InChI=1S/C15H19ClN4O3/c16-11-3-4-13(20-5-7-23-8-6-20)12(9-11)17-15(22)19-18-14(21)10-1-2-10/h3-4,9-10H,1-2,5-8H2,(H,18,21)(H2,17,19,22). The second-order valence-electron chi connectivity index (χ2n) is 5.60. The van der Waals surface area contributed by atoms with Gasteiger partial charge in [-0.2, -0.15) is 0 Å². The van der Waals surface area contributed by atoms with E-state index in [2.05, 4.69) is 21.1 Å². The lowest BCUT2D eigenvalue weighted by atomic mass is 10.2. The van der Waals surface area contributed by atoms with Gasteiger partial charge >= 0.3 is 6.03 Å². The van der Waals surface area contributed by atoms with Crippen LogP contribution in [0.4, 0.5) is 16.2 Å². The molecule has 8 heteroatoms. The lowest BCUT2D eigenvalue weighted by Gasteiger charge is -2.30. The lowest BCUT2D eigenvalue weighted by molar-refractivity contribution is -0.122. The van der Waals surface area contributed by atoms with Crippen LogP contribution in [0.2, 0.25) is 5.02 Å². The smallest absolute Gasteiger partial charge is 0.337 e. The Bertz CT molecular complexity index is 600. The van der Waals surface area contributed by atoms with E-state index < -0.39 is 6.03 Å². The molecule has 2 aliphatic rings. The van der Waals surface area contributed by atoms with Crippen LogP contribution in [-0.2, 0) is 9.53 Å². The van der Waals surface area contributed by atoms with Crippen molar-refractivity contribution in [1.82, 2.24) is 10.9 Å². The van der Waals surface area contributed by atoms with Crippen LogP contribution in [-0.4, -0.2) is 38.2 Å². The third-order valence-corrected chi connectivity index (χ3v) is 4.04. The van der Waals surface area contributed by atoms with Crippen molar-refractivity contribution in [1.29, 1.82) is 0 Å². The number of benzene rings is 1. The van der Waals surface area contributed by atoms with E-state index in [9.17, 15) is 9.59 Å². The second kappa shape index (κ2) is 7.06. The van der Waals surface area contributed by atoms with Gasteiger partial charge in [0.05, 0.1) is 24.6 Å². The van der Waals surface area contributed by atoms with E-state index in [1.54, 1.807) is 12.1 Å². The summed E-state index contributed by atoms with van der Waals surface area (Å²) in [5.41, 5.74) is 6.25. The number of anilines is 2. The summed E-state index contributed by atoms with van der Waals surface area (Å²) in [6.45, 7) is 2.78. The number of halogens is 1. The number of hydrogen-bond acceptors (Lipinski definition) is 4. The molecule has 0 radical (unpaired) electrons. The molecule has 1 aliphatic heterocycles. The molecule has 3 N–H and O–H groups in total. The SMILES string of the molecule is O=C(NNC(=O)C1CC1)Nc1cc(Cl)ccc1N1CCOCC1. The summed E-state index contributed by atoms with van der Waals surface area (Å²) in [5.74, 6) is -0.120. The zero-order chi connectivity index (χ0) is 16.2. The van der Waals surface area contributed by atoms with Crippen molar-refractivity contribution in [2.24, 2.45) is 5.92 Å². The van der Waals surface area contributed by atoms with Gasteiger partial charge in [-0.05, 0) is 31.0 Å². The maximum Gasteiger partial charge on any atom is 0.337 e. The molecule has 0 unspecified atom stereocenters. The van der Waals surface area contributed by atoms with Crippen molar-refractivity contribution >= 4 is 34.9 Å². The Kier molecular flexibility index (Phi) is 4.88. The van der Waals surface area contributed by atoms with Crippen LogP contribution in [0.15, 0.2) is 18.2 Å². The van der Waals surface area contributed by atoms with Crippen molar-refractivity contribution in [3.63, 3.8) is 0 Å². The molecule has 2 fully saturated rings. The van der Waals surface area contributed by atoms with Crippen LogP contribution in [0.3, 0.4) is 0 Å². The first-order chi connectivity index (χ1) is 11.1. The molecule has 1 saturated carbocycles. The fourth-order valence-electron chi connectivity index (χ4n) is 2.41. The predicted octanol–water partition coefficient (Wildman–Crippen LogP) is 1.74. The maximum atomic E-state index is 12.0. The minimum Gasteiger partial charge on any atom is -0.378 e. The molecule has 23 heavy (non-hydrogen) atoms. The maximum absolute atomic E-state index is 12.0. The van der Waals surface area contributed by atoms with Crippen molar-refractivity contribution < 1.29 is 14.3 Å². The number of carbonyl (C=O) groups is 2. The molecule has 7 nitrogen and oxygen atoms in total. The zero-order valence-corrected chi connectivity index (χ0v) is 13.4. The normalized spacial score (nSPS) is 17.5. The molecule has 0 bridgehead atoms. The van der Waals surface area contributed by atoms with Crippen molar-refractivity contribution in [2.45, 2.75) is 12.8 Å². The molecule has 124 valence electrons. The number of urea groups is 1. The topological polar surface area (TPSA) is 82.7 Å². The van der Waals surface area contributed by atoms with Gasteiger partial charge in [0.25, 0.3) is 0 Å².